The molecule has 2 heteroatoms. The molecule has 1 nitrogen and oxygen atoms in total. The molecule has 0 heterocycles. The summed E-state index contributed by atoms with van der Waals surface area (Å²) < 4.78 is 0. The van der Waals surface area contributed by atoms with E-state index in [9.17, 15) is 0 Å². The van der Waals surface area contributed by atoms with Crippen LogP contribution in [0.3, 0.4) is 0 Å². The van der Waals surface area contributed by atoms with Gasteiger partial charge < -0.3 is 4.90 Å². The summed E-state index contributed by atoms with van der Waals surface area (Å²) in [6, 6.07) is 0. The van der Waals surface area contributed by atoms with Gasteiger partial charge in [-0.25, -0.2) is 0 Å². The van der Waals surface area contributed by atoms with Gasteiger partial charge in [0.05, 0.1) is 0 Å². The highest BCUT2D eigenvalue weighted by molar-refractivity contribution is 7.80. The summed E-state index contributed by atoms with van der Waals surface area (Å²) in [6.07, 6.45) is 5.51. The topological polar surface area (TPSA) is 3.24 Å². The second-order valence-corrected chi connectivity index (χ2v) is 5.67. The van der Waals surface area contributed by atoms with Gasteiger partial charge in [-0.15, -0.1) is 0 Å². The fraction of sp³-hybridized carbons (Fsp3) is 1.00. The molecule has 0 bridgehead atoms. The molecular weight excluding hydrogens is 202 g/mol. The molecule has 90 valence electrons. The van der Waals surface area contributed by atoms with Gasteiger partial charge in [-0.05, 0) is 36.5 Å². The van der Waals surface area contributed by atoms with Crippen molar-refractivity contribution >= 4 is 12.6 Å². The van der Waals surface area contributed by atoms with Gasteiger partial charge in [0, 0.05) is 13.1 Å². The zero-order valence-electron chi connectivity index (χ0n) is 10.6. The predicted molar refractivity (Wildman–Crippen MR) is 71.7 cm³/mol. The summed E-state index contributed by atoms with van der Waals surface area (Å²) >= 11 is 4.53. The van der Waals surface area contributed by atoms with E-state index in [1.165, 1.54) is 45.3 Å². The molecular formula is C13H27NS. The smallest absolute Gasteiger partial charge is 0.00458 e. The van der Waals surface area contributed by atoms with Gasteiger partial charge >= 0.3 is 0 Å². The molecule has 0 radical (unpaired) electrons. The Kier molecular flexibility index (Phi) is 5.48. The van der Waals surface area contributed by atoms with Crippen LogP contribution in [-0.2, 0) is 0 Å². The van der Waals surface area contributed by atoms with Crippen LogP contribution >= 0.6 is 12.6 Å². The van der Waals surface area contributed by atoms with E-state index in [1.807, 2.05) is 0 Å². The van der Waals surface area contributed by atoms with Crippen LogP contribution < -0.4 is 0 Å². The van der Waals surface area contributed by atoms with Crippen LogP contribution in [0.15, 0.2) is 0 Å². The molecule has 1 saturated carbocycles. The van der Waals surface area contributed by atoms with Crippen molar-refractivity contribution < 1.29 is 0 Å². The minimum Gasteiger partial charge on any atom is -0.303 e. The van der Waals surface area contributed by atoms with Crippen molar-refractivity contribution in [3.05, 3.63) is 0 Å². The summed E-state index contributed by atoms with van der Waals surface area (Å²) in [7, 11) is 0. The average Bonchev–Trinajstić information content (AvgIpc) is 2.21. The Labute approximate surface area is 101 Å². The monoisotopic (exact) mass is 229 g/mol. The van der Waals surface area contributed by atoms with E-state index in [-0.39, 0.29) is 0 Å². The fourth-order valence-electron chi connectivity index (χ4n) is 2.39. The van der Waals surface area contributed by atoms with Crippen LogP contribution in [0, 0.1) is 11.3 Å². The average molecular weight is 229 g/mol. The SMILES string of the molecule is CCC(C)CN(CC)CC1(CS)CCC1. The molecule has 0 aliphatic heterocycles. The van der Waals surface area contributed by atoms with Gasteiger partial charge in [-0.1, -0.05) is 33.6 Å². The zero-order valence-corrected chi connectivity index (χ0v) is 11.5. The highest BCUT2D eigenvalue weighted by atomic mass is 32.1. The maximum absolute atomic E-state index is 4.53. The number of rotatable bonds is 7. The van der Waals surface area contributed by atoms with E-state index in [2.05, 4.69) is 38.3 Å². The Bertz CT molecular complexity index is 172. The van der Waals surface area contributed by atoms with Gasteiger partial charge in [0.2, 0.25) is 0 Å². The molecule has 1 aliphatic carbocycles. The summed E-state index contributed by atoms with van der Waals surface area (Å²) in [5.41, 5.74) is 0.562. The molecule has 0 saturated heterocycles. The quantitative estimate of drug-likeness (QED) is 0.654. The van der Waals surface area contributed by atoms with E-state index in [4.69, 9.17) is 0 Å². The van der Waals surface area contributed by atoms with Crippen LogP contribution in [0.4, 0.5) is 0 Å². The molecule has 0 spiro atoms. The van der Waals surface area contributed by atoms with Gasteiger partial charge in [-0.3, -0.25) is 0 Å². The summed E-state index contributed by atoms with van der Waals surface area (Å²) in [6.45, 7) is 10.7. The van der Waals surface area contributed by atoms with Crippen molar-refractivity contribution in [3.63, 3.8) is 0 Å². The molecule has 1 rings (SSSR count). The molecule has 1 fully saturated rings. The lowest BCUT2D eigenvalue weighted by Crippen LogP contribution is -2.44. The normalized spacial score (nSPS) is 21.4. The number of hydrogen-bond donors (Lipinski definition) is 1. The highest BCUT2D eigenvalue weighted by Gasteiger charge is 2.36. The summed E-state index contributed by atoms with van der Waals surface area (Å²) in [4.78, 5) is 2.63. The van der Waals surface area contributed by atoms with E-state index >= 15 is 0 Å². The number of hydrogen-bond acceptors (Lipinski definition) is 2. The first-order chi connectivity index (χ1) is 7.15. The van der Waals surface area contributed by atoms with Crippen molar-refractivity contribution in [2.75, 3.05) is 25.4 Å². The van der Waals surface area contributed by atoms with Crippen LogP contribution in [0.5, 0.6) is 0 Å². The Morgan fingerprint density at radius 2 is 2.00 bits per heavy atom. The Hall–Kier alpha value is 0.310. The lowest BCUT2D eigenvalue weighted by Gasteiger charge is -2.44. The summed E-state index contributed by atoms with van der Waals surface area (Å²) in [5.74, 6) is 1.91. The van der Waals surface area contributed by atoms with Crippen molar-refractivity contribution in [1.29, 1.82) is 0 Å². The van der Waals surface area contributed by atoms with Crippen molar-refractivity contribution in [1.82, 2.24) is 4.90 Å². The largest absolute Gasteiger partial charge is 0.303 e. The van der Waals surface area contributed by atoms with Crippen LogP contribution in [0.2, 0.25) is 0 Å². The third kappa shape index (κ3) is 3.67. The van der Waals surface area contributed by atoms with Crippen LogP contribution in [-0.4, -0.2) is 30.3 Å². The second kappa shape index (κ2) is 6.15. The minimum absolute atomic E-state index is 0.562. The molecule has 0 N–H and O–H groups in total. The number of nitrogens with zero attached hydrogens (tertiary/aromatic N) is 1. The van der Waals surface area contributed by atoms with Crippen LogP contribution in [0.25, 0.3) is 0 Å². The van der Waals surface area contributed by atoms with Crippen LogP contribution in [0.1, 0.15) is 46.5 Å². The van der Waals surface area contributed by atoms with E-state index in [1.54, 1.807) is 0 Å². The van der Waals surface area contributed by atoms with Crippen molar-refractivity contribution in [2.24, 2.45) is 11.3 Å². The Morgan fingerprint density at radius 3 is 2.33 bits per heavy atom. The first-order valence-electron chi connectivity index (χ1n) is 6.49. The minimum atomic E-state index is 0.562. The lowest BCUT2D eigenvalue weighted by molar-refractivity contribution is 0.0848. The van der Waals surface area contributed by atoms with E-state index in [0.717, 1.165) is 11.7 Å². The first kappa shape index (κ1) is 13.4. The molecule has 0 aromatic rings. The molecule has 15 heavy (non-hydrogen) atoms. The molecule has 0 aromatic carbocycles. The summed E-state index contributed by atoms with van der Waals surface area (Å²) in [5, 5.41) is 0. The number of thiol groups is 1. The van der Waals surface area contributed by atoms with E-state index < -0.39 is 0 Å². The van der Waals surface area contributed by atoms with Crippen molar-refractivity contribution in [3.8, 4) is 0 Å². The molecule has 0 amide bonds. The third-order valence-electron chi connectivity index (χ3n) is 4.02. The maximum Gasteiger partial charge on any atom is 0.00458 e. The third-order valence-corrected chi connectivity index (χ3v) is 4.69. The zero-order chi connectivity index (χ0) is 11.3. The Morgan fingerprint density at radius 1 is 1.33 bits per heavy atom. The highest BCUT2D eigenvalue weighted by Crippen LogP contribution is 2.42. The van der Waals surface area contributed by atoms with Gasteiger partial charge in [0.1, 0.15) is 0 Å². The van der Waals surface area contributed by atoms with Gasteiger partial charge in [-0.2, -0.15) is 12.6 Å². The second-order valence-electron chi connectivity index (χ2n) is 5.35. The molecule has 1 unspecified atom stereocenters. The maximum atomic E-state index is 4.53. The molecule has 1 aliphatic rings. The molecule has 1 atom stereocenters. The molecule has 0 aromatic heterocycles. The van der Waals surface area contributed by atoms with Gasteiger partial charge in [0.15, 0.2) is 0 Å². The lowest BCUT2D eigenvalue weighted by atomic mass is 9.70. The van der Waals surface area contributed by atoms with Gasteiger partial charge in [0.25, 0.3) is 0 Å². The predicted octanol–water partition coefficient (Wildman–Crippen LogP) is 3.45. The van der Waals surface area contributed by atoms with Crippen molar-refractivity contribution in [2.45, 2.75) is 46.5 Å². The first-order valence-corrected chi connectivity index (χ1v) is 7.12. The fourth-order valence-corrected chi connectivity index (χ4v) is 2.81. The Balaban J connectivity index is 2.38. The van der Waals surface area contributed by atoms with E-state index in [0.29, 0.717) is 5.41 Å². The standard InChI is InChI=1S/C13H27NS/c1-4-12(3)9-14(5-2)10-13(11-15)7-6-8-13/h12,15H,4-11H2,1-3H3.